The number of guanidine groups is 1. The third-order valence-corrected chi connectivity index (χ3v) is 6.22. The van der Waals surface area contributed by atoms with Crippen LogP contribution in [0.15, 0.2) is 59.6 Å². The van der Waals surface area contributed by atoms with E-state index in [2.05, 4.69) is 20.9 Å². The molecule has 0 aliphatic rings. The predicted molar refractivity (Wildman–Crippen MR) is 156 cm³/mol. The Morgan fingerprint density at radius 1 is 0.744 bits per heavy atom. The maximum atomic E-state index is 13.5. The Morgan fingerprint density at radius 2 is 1.28 bits per heavy atom. The van der Waals surface area contributed by atoms with Crippen molar-refractivity contribution in [3.8, 4) is 5.75 Å². The molecular weight excluding hydrogens is 562 g/mol. The van der Waals surface area contributed by atoms with Crippen molar-refractivity contribution >= 4 is 35.6 Å². The first-order valence-corrected chi connectivity index (χ1v) is 13.3. The highest BCUT2D eigenvalue weighted by Gasteiger charge is 2.31. The van der Waals surface area contributed by atoms with Crippen molar-refractivity contribution in [2.45, 2.75) is 56.3 Å². The smallest absolute Gasteiger partial charge is 0.326 e. The van der Waals surface area contributed by atoms with Gasteiger partial charge in [-0.05, 0) is 36.1 Å². The van der Waals surface area contributed by atoms with Crippen LogP contribution in [-0.2, 0) is 36.8 Å². The third-order valence-electron chi connectivity index (χ3n) is 6.22. The molecule has 0 aliphatic heterocycles. The number of phenolic OH excluding ortho intramolecular Hbond substituents is 1. The molecule has 0 aliphatic carbocycles. The molecule has 43 heavy (non-hydrogen) atoms. The van der Waals surface area contributed by atoms with Crippen LogP contribution >= 0.6 is 0 Å². The number of rotatable bonds is 17. The maximum absolute atomic E-state index is 13.5. The largest absolute Gasteiger partial charge is 0.508 e. The van der Waals surface area contributed by atoms with Gasteiger partial charge in [-0.25, -0.2) is 4.79 Å². The van der Waals surface area contributed by atoms with Crippen molar-refractivity contribution in [3.05, 3.63) is 65.7 Å². The minimum Gasteiger partial charge on any atom is -0.508 e. The summed E-state index contributed by atoms with van der Waals surface area (Å²) in [4.78, 5) is 66.2. The van der Waals surface area contributed by atoms with Gasteiger partial charge in [-0.15, -0.1) is 0 Å². The number of carbonyl (C=O) groups excluding carboxylic acids is 3. The number of amides is 3. The van der Waals surface area contributed by atoms with E-state index in [-0.39, 0.29) is 43.9 Å². The van der Waals surface area contributed by atoms with Crippen molar-refractivity contribution in [3.63, 3.8) is 0 Å². The summed E-state index contributed by atoms with van der Waals surface area (Å²) in [5.74, 6) is -5.29. The molecule has 12 N–H and O–H groups in total. The number of nitrogens with one attached hydrogen (secondary N) is 3. The summed E-state index contributed by atoms with van der Waals surface area (Å²) in [5.41, 5.74) is 17.6. The molecule has 2 aromatic carbocycles. The van der Waals surface area contributed by atoms with Gasteiger partial charge in [0, 0.05) is 19.4 Å². The second-order valence-corrected chi connectivity index (χ2v) is 9.74. The Morgan fingerprint density at radius 3 is 1.86 bits per heavy atom. The minimum absolute atomic E-state index is 0.00440. The summed E-state index contributed by atoms with van der Waals surface area (Å²) in [5, 5.41) is 35.7. The number of benzene rings is 2. The van der Waals surface area contributed by atoms with Gasteiger partial charge in [0.1, 0.15) is 23.9 Å². The van der Waals surface area contributed by atoms with Crippen molar-refractivity contribution in [2.24, 2.45) is 22.2 Å². The van der Waals surface area contributed by atoms with Crippen LogP contribution in [0.5, 0.6) is 5.75 Å². The van der Waals surface area contributed by atoms with E-state index in [1.54, 1.807) is 30.3 Å². The van der Waals surface area contributed by atoms with Crippen molar-refractivity contribution in [1.29, 1.82) is 0 Å². The summed E-state index contributed by atoms with van der Waals surface area (Å²) < 4.78 is 0. The van der Waals surface area contributed by atoms with Gasteiger partial charge in [0.25, 0.3) is 0 Å². The monoisotopic (exact) mass is 599 g/mol. The Balaban J connectivity index is 2.26. The molecule has 232 valence electrons. The number of nitrogens with two attached hydrogens (primary N) is 3. The second kappa shape index (κ2) is 16.9. The third kappa shape index (κ3) is 12.5. The van der Waals surface area contributed by atoms with Gasteiger partial charge < -0.3 is 48.5 Å². The van der Waals surface area contributed by atoms with Crippen LogP contribution in [0.25, 0.3) is 0 Å². The molecule has 3 amide bonds. The fraction of sp³-hybridized carbons (Fsp3) is 0.357. The fourth-order valence-corrected chi connectivity index (χ4v) is 4.00. The van der Waals surface area contributed by atoms with Crippen molar-refractivity contribution in [1.82, 2.24) is 16.0 Å². The lowest BCUT2D eigenvalue weighted by Crippen LogP contribution is -2.58. The topological polar surface area (TPSA) is 273 Å². The standard InChI is InChI=1S/C28H37N7O8/c29-19(15-23(37)38)24(39)34-21(13-16-5-2-1-3-6-16)26(41)33-20(7-4-12-32-28(30)31)25(40)35-22(27(42)43)14-17-8-10-18(36)11-9-17/h1-3,5-6,8-11,19-22,36H,4,7,12-15,29H2,(H,33,41)(H,34,39)(H,35,40)(H,37,38)(H,42,43)(H4,30,31,32). The molecule has 0 bridgehead atoms. The number of nitrogens with zero attached hydrogens (tertiary/aromatic N) is 1. The average Bonchev–Trinajstić information content (AvgIpc) is 2.94. The highest BCUT2D eigenvalue weighted by molar-refractivity contribution is 5.95. The molecule has 4 unspecified atom stereocenters. The molecule has 0 saturated heterocycles. The Labute approximate surface area is 247 Å². The first kappa shape index (κ1) is 34.0. The van der Waals surface area contributed by atoms with Crippen molar-refractivity contribution in [2.75, 3.05) is 6.54 Å². The van der Waals surface area contributed by atoms with E-state index in [0.717, 1.165) is 0 Å². The number of aromatic hydroxyl groups is 1. The molecule has 0 fully saturated rings. The van der Waals surface area contributed by atoms with E-state index in [0.29, 0.717) is 11.1 Å². The van der Waals surface area contributed by atoms with Gasteiger partial charge in [0.2, 0.25) is 17.7 Å². The number of aliphatic imine (C=N–C) groups is 1. The van der Waals surface area contributed by atoms with Gasteiger partial charge in [0.05, 0.1) is 12.5 Å². The summed E-state index contributed by atoms with van der Waals surface area (Å²) in [6.07, 6.45) is -0.558. The van der Waals surface area contributed by atoms with Crippen LogP contribution in [0.3, 0.4) is 0 Å². The number of hydrogen-bond acceptors (Lipinski definition) is 8. The first-order chi connectivity index (χ1) is 20.3. The van der Waals surface area contributed by atoms with Gasteiger partial charge in [-0.3, -0.25) is 24.2 Å². The summed E-state index contributed by atoms with van der Waals surface area (Å²) in [7, 11) is 0. The lowest BCUT2D eigenvalue weighted by molar-refractivity contribution is -0.142. The van der Waals surface area contributed by atoms with Gasteiger partial charge >= 0.3 is 11.9 Å². The van der Waals surface area contributed by atoms with Crippen LogP contribution in [0, 0.1) is 0 Å². The average molecular weight is 600 g/mol. The Bertz CT molecular complexity index is 1280. The predicted octanol–water partition coefficient (Wildman–Crippen LogP) is -1.43. The molecule has 0 saturated carbocycles. The van der Waals surface area contributed by atoms with E-state index in [1.165, 1.54) is 24.3 Å². The van der Waals surface area contributed by atoms with Gasteiger partial charge in [-0.1, -0.05) is 42.5 Å². The lowest BCUT2D eigenvalue weighted by Gasteiger charge is -2.25. The van der Waals surface area contributed by atoms with Crippen LogP contribution < -0.4 is 33.2 Å². The Kier molecular flexibility index (Phi) is 13.4. The van der Waals surface area contributed by atoms with E-state index in [4.69, 9.17) is 22.3 Å². The molecule has 15 nitrogen and oxygen atoms in total. The molecule has 15 heteroatoms. The second-order valence-electron chi connectivity index (χ2n) is 9.74. The van der Waals surface area contributed by atoms with Crippen LogP contribution in [-0.4, -0.2) is 81.7 Å². The minimum atomic E-state index is -1.43. The van der Waals surface area contributed by atoms with Crippen LogP contribution in [0.1, 0.15) is 30.4 Å². The van der Waals surface area contributed by atoms with Crippen LogP contribution in [0.2, 0.25) is 0 Å². The quantitative estimate of drug-likeness (QED) is 0.0577. The first-order valence-electron chi connectivity index (χ1n) is 13.3. The highest BCUT2D eigenvalue weighted by Crippen LogP contribution is 2.12. The van der Waals surface area contributed by atoms with Crippen LogP contribution in [0.4, 0.5) is 0 Å². The Hall–Kier alpha value is -5.18. The number of hydrogen-bond donors (Lipinski definition) is 9. The number of carboxylic acid groups (broad SMARTS) is 2. The molecular formula is C28H37N7O8. The van der Waals surface area contributed by atoms with Gasteiger partial charge in [0.15, 0.2) is 5.96 Å². The zero-order valence-corrected chi connectivity index (χ0v) is 23.3. The summed E-state index contributed by atoms with van der Waals surface area (Å²) >= 11 is 0. The van der Waals surface area contributed by atoms with E-state index < -0.39 is 60.2 Å². The molecule has 0 radical (unpaired) electrons. The summed E-state index contributed by atoms with van der Waals surface area (Å²) in [6.45, 7) is 0.117. The van der Waals surface area contributed by atoms with E-state index in [1.807, 2.05) is 0 Å². The van der Waals surface area contributed by atoms with E-state index >= 15 is 0 Å². The molecule has 2 rings (SSSR count). The molecule has 2 aromatic rings. The summed E-state index contributed by atoms with van der Waals surface area (Å²) in [6, 6.07) is 9.10. The normalized spacial score (nSPS) is 13.4. The molecule has 0 heterocycles. The van der Waals surface area contributed by atoms with Gasteiger partial charge in [-0.2, -0.15) is 0 Å². The molecule has 0 spiro atoms. The number of phenols is 1. The SMILES string of the molecule is NC(N)=NCCCC(NC(=O)C(Cc1ccccc1)NC(=O)C(N)CC(=O)O)C(=O)NC(Cc1ccc(O)cc1)C(=O)O. The fourth-order valence-electron chi connectivity index (χ4n) is 4.00. The van der Waals surface area contributed by atoms with E-state index in [9.17, 15) is 34.2 Å². The maximum Gasteiger partial charge on any atom is 0.326 e. The number of carboxylic acids is 2. The zero-order chi connectivity index (χ0) is 31.9. The highest BCUT2D eigenvalue weighted by atomic mass is 16.4. The lowest BCUT2D eigenvalue weighted by atomic mass is 10.0. The number of aliphatic carboxylic acids is 2. The zero-order valence-electron chi connectivity index (χ0n) is 23.3. The molecule has 0 aromatic heterocycles. The molecule has 4 atom stereocenters. The van der Waals surface area contributed by atoms with Crippen molar-refractivity contribution < 1.29 is 39.3 Å². The number of carbonyl (C=O) groups is 5.